The van der Waals surface area contributed by atoms with E-state index in [4.69, 9.17) is 0 Å². The van der Waals surface area contributed by atoms with Gasteiger partial charge in [-0.1, -0.05) is 12.1 Å². The number of rotatable bonds is 5. The summed E-state index contributed by atoms with van der Waals surface area (Å²) in [6.45, 7) is 7.15. The van der Waals surface area contributed by atoms with Gasteiger partial charge in [0.2, 0.25) is 0 Å². The molecule has 0 aliphatic carbocycles. The van der Waals surface area contributed by atoms with Crippen LogP contribution in [0, 0.1) is 5.92 Å². The van der Waals surface area contributed by atoms with Crippen molar-refractivity contribution >= 4 is 5.69 Å². The summed E-state index contributed by atoms with van der Waals surface area (Å²) in [4.78, 5) is 2.55. The molecule has 0 saturated carbocycles. The van der Waals surface area contributed by atoms with Crippen LogP contribution in [0.1, 0.15) is 31.2 Å². The molecule has 0 amide bonds. The fourth-order valence-electron chi connectivity index (χ4n) is 3.27. The number of hydrogen-bond acceptors (Lipinski definition) is 3. The summed E-state index contributed by atoms with van der Waals surface area (Å²) in [7, 11) is 0. The first-order chi connectivity index (χ1) is 9.90. The van der Waals surface area contributed by atoms with E-state index < -0.39 is 0 Å². The summed E-state index contributed by atoms with van der Waals surface area (Å²) in [6.07, 6.45) is 5.35. The minimum Gasteiger partial charge on any atom is -0.385 e. The van der Waals surface area contributed by atoms with Crippen molar-refractivity contribution < 1.29 is 0 Å². The van der Waals surface area contributed by atoms with Crippen LogP contribution in [0.3, 0.4) is 0 Å². The van der Waals surface area contributed by atoms with Crippen molar-refractivity contribution in [2.75, 3.05) is 38.0 Å². The van der Waals surface area contributed by atoms with Crippen LogP contribution in [-0.2, 0) is 6.54 Å². The number of anilines is 1. The Morgan fingerprint density at radius 1 is 1.05 bits per heavy atom. The number of benzene rings is 1. The molecule has 2 heterocycles. The van der Waals surface area contributed by atoms with Crippen LogP contribution < -0.4 is 10.6 Å². The molecule has 0 spiro atoms. The van der Waals surface area contributed by atoms with E-state index in [1.807, 2.05) is 0 Å². The van der Waals surface area contributed by atoms with E-state index in [1.54, 1.807) is 0 Å². The summed E-state index contributed by atoms with van der Waals surface area (Å²) in [6, 6.07) is 9.05. The van der Waals surface area contributed by atoms with Crippen molar-refractivity contribution in [3.8, 4) is 0 Å². The quantitative estimate of drug-likeness (QED) is 0.864. The second-order valence-corrected chi connectivity index (χ2v) is 6.25. The van der Waals surface area contributed by atoms with Crippen LogP contribution in [0.5, 0.6) is 0 Å². The first-order valence-electron chi connectivity index (χ1n) is 8.16. The maximum absolute atomic E-state index is 3.59. The molecule has 2 fully saturated rings. The average molecular weight is 273 g/mol. The standard InChI is InChI=1S/C17H27N3/c1-2-12-20(11-1)14-16-3-5-17(6-4-16)19-13-15-7-9-18-10-8-15/h3-6,15,18-19H,1-2,7-14H2. The van der Waals surface area contributed by atoms with E-state index >= 15 is 0 Å². The monoisotopic (exact) mass is 273 g/mol. The molecular formula is C17H27N3. The first-order valence-corrected chi connectivity index (χ1v) is 8.16. The molecule has 2 aliphatic rings. The van der Waals surface area contributed by atoms with Crippen LogP contribution in [0.4, 0.5) is 5.69 Å². The Bertz CT molecular complexity index is 389. The van der Waals surface area contributed by atoms with Gasteiger partial charge in [0, 0.05) is 18.8 Å². The summed E-state index contributed by atoms with van der Waals surface area (Å²) >= 11 is 0. The Hall–Kier alpha value is -1.06. The largest absolute Gasteiger partial charge is 0.385 e. The molecular weight excluding hydrogens is 246 g/mol. The predicted octanol–water partition coefficient (Wildman–Crippen LogP) is 2.69. The van der Waals surface area contributed by atoms with Gasteiger partial charge in [-0.15, -0.1) is 0 Å². The van der Waals surface area contributed by atoms with E-state index in [0.29, 0.717) is 0 Å². The van der Waals surface area contributed by atoms with Gasteiger partial charge >= 0.3 is 0 Å². The second-order valence-electron chi connectivity index (χ2n) is 6.25. The van der Waals surface area contributed by atoms with Crippen molar-refractivity contribution in [3.63, 3.8) is 0 Å². The van der Waals surface area contributed by atoms with Crippen molar-refractivity contribution in [2.45, 2.75) is 32.2 Å². The van der Waals surface area contributed by atoms with Gasteiger partial charge < -0.3 is 10.6 Å². The lowest BCUT2D eigenvalue weighted by Crippen LogP contribution is -2.31. The fourth-order valence-corrected chi connectivity index (χ4v) is 3.27. The van der Waals surface area contributed by atoms with Gasteiger partial charge in [-0.3, -0.25) is 4.90 Å². The number of piperidine rings is 1. The average Bonchev–Trinajstić information content (AvgIpc) is 3.01. The Kier molecular flexibility index (Phi) is 4.93. The smallest absolute Gasteiger partial charge is 0.0340 e. The Morgan fingerprint density at radius 3 is 2.45 bits per heavy atom. The summed E-state index contributed by atoms with van der Waals surface area (Å²) in [5.41, 5.74) is 2.72. The molecule has 3 nitrogen and oxygen atoms in total. The number of hydrogen-bond donors (Lipinski definition) is 2. The highest BCUT2D eigenvalue weighted by molar-refractivity contribution is 5.44. The van der Waals surface area contributed by atoms with Crippen LogP contribution in [0.25, 0.3) is 0 Å². The normalized spacial score (nSPS) is 21.2. The molecule has 3 heteroatoms. The predicted molar refractivity (Wildman–Crippen MR) is 85.0 cm³/mol. The molecule has 1 aromatic rings. The summed E-state index contributed by atoms with van der Waals surface area (Å²) < 4.78 is 0. The van der Waals surface area contributed by atoms with Gasteiger partial charge in [0.05, 0.1) is 0 Å². The van der Waals surface area contributed by atoms with E-state index in [0.717, 1.165) is 19.0 Å². The molecule has 110 valence electrons. The second kappa shape index (κ2) is 7.09. The van der Waals surface area contributed by atoms with Crippen LogP contribution in [0.15, 0.2) is 24.3 Å². The third-order valence-electron chi connectivity index (χ3n) is 4.61. The number of nitrogens with one attached hydrogen (secondary N) is 2. The summed E-state index contributed by atoms with van der Waals surface area (Å²) in [5, 5.41) is 7.02. The first kappa shape index (κ1) is 13.9. The zero-order valence-corrected chi connectivity index (χ0v) is 12.4. The Morgan fingerprint density at radius 2 is 1.75 bits per heavy atom. The van der Waals surface area contributed by atoms with E-state index in [-0.39, 0.29) is 0 Å². The molecule has 20 heavy (non-hydrogen) atoms. The lowest BCUT2D eigenvalue weighted by molar-refractivity contribution is 0.331. The van der Waals surface area contributed by atoms with Gasteiger partial charge in [0.1, 0.15) is 0 Å². The fraction of sp³-hybridized carbons (Fsp3) is 0.647. The topological polar surface area (TPSA) is 27.3 Å². The van der Waals surface area contributed by atoms with E-state index in [2.05, 4.69) is 39.8 Å². The Balaban J connectivity index is 1.45. The van der Waals surface area contributed by atoms with Crippen LogP contribution in [-0.4, -0.2) is 37.6 Å². The molecule has 0 aromatic heterocycles. The zero-order chi connectivity index (χ0) is 13.6. The molecule has 0 bridgehead atoms. The van der Waals surface area contributed by atoms with Gasteiger partial charge in [0.15, 0.2) is 0 Å². The summed E-state index contributed by atoms with van der Waals surface area (Å²) in [5.74, 6) is 0.834. The Labute approximate surface area is 122 Å². The van der Waals surface area contributed by atoms with Crippen molar-refractivity contribution in [1.82, 2.24) is 10.2 Å². The maximum atomic E-state index is 3.59. The van der Waals surface area contributed by atoms with Crippen molar-refractivity contribution in [3.05, 3.63) is 29.8 Å². The molecule has 0 radical (unpaired) electrons. The minimum atomic E-state index is 0.834. The van der Waals surface area contributed by atoms with Crippen LogP contribution in [0.2, 0.25) is 0 Å². The highest BCUT2D eigenvalue weighted by atomic mass is 15.1. The highest BCUT2D eigenvalue weighted by Gasteiger charge is 2.13. The molecule has 1 aromatic carbocycles. The van der Waals surface area contributed by atoms with Crippen LogP contribution >= 0.6 is 0 Å². The third kappa shape index (κ3) is 3.97. The van der Waals surface area contributed by atoms with Crippen molar-refractivity contribution in [1.29, 1.82) is 0 Å². The lowest BCUT2D eigenvalue weighted by Gasteiger charge is -2.23. The molecule has 2 saturated heterocycles. The lowest BCUT2D eigenvalue weighted by atomic mass is 9.98. The minimum absolute atomic E-state index is 0.834. The van der Waals surface area contributed by atoms with Crippen molar-refractivity contribution in [2.24, 2.45) is 5.92 Å². The van der Waals surface area contributed by atoms with Gasteiger partial charge in [-0.2, -0.15) is 0 Å². The number of nitrogens with zero attached hydrogens (tertiary/aromatic N) is 1. The maximum Gasteiger partial charge on any atom is 0.0340 e. The molecule has 2 N–H and O–H groups in total. The zero-order valence-electron chi connectivity index (χ0n) is 12.4. The molecule has 2 aliphatic heterocycles. The molecule has 0 unspecified atom stereocenters. The van der Waals surface area contributed by atoms with Gasteiger partial charge in [-0.05, 0) is 75.5 Å². The van der Waals surface area contributed by atoms with Gasteiger partial charge in [0.25, 0.3) is 0 Å². The van der Waals surface area contributed by atoms with Gasteiger partial charge in [-0.25, -0.2) is 0 Å². The third-order valence-corrected chi connectivity index (χ3v) is 4.61. The molecule has 0 atom stereocenters. The number of likely N-dealkylation sites (tertiary alicyclic amines) is 1. The SMILES string of the molecule is c1cc(NCC2CCNCC2)ccc1CN1CCCC1. The molecule has 3 rings (SSSR count). The highest BCUT2D eigenvalue weighted by Crippen LogP contribution is 2.17. The van der Waals surface area contributed by atoms with E-state index in [1.165, 1.54) is 63.1 Å². The van der Waals surface area contributed by atoms with E-state index in [9.17, 15) is 0 Å².